The van der Waals surface area contributed by atoms with Gasteiger partial charge in [-0.05, 0) is 0 Å². The average molecular weight is 164 g/mol. The second-order valence-corrected chi connectivity index (χ2v) is 2.30. The summed E-state index contributed by atoms with van der Waals surface area (Å²) in [5.74, 6) is 0. The van der Waals surface area contributed by atoms with Crippen molar-refractivity contribution < 1.29 is 19.7 Å². The van der Waals surface area contributed by atoms with E-state index in [2.05, 4.69) is 12.2 Å². The Hall–Kier alpha value is -0.390. The Morgan fingerprint density at radius 2 is 2.50 bits per heavy atom. The third-order valence-electron chi connectivity index (χ3n) is 1.23. The maximum Gasteiger partial charge on any atom is 0.352 e. The summed E-state index contributed by atoms with van der Waals surface area (Å²) in [6, 6.07) is 0. The summed E-state index contributed by atoms with van der Waals surface area (Å²) in [7, 11) is 0. The molecular formula is C5H8O4S. The van der Waals surface area contributed by atoms with Gasteiger partial charge in [0, 0.05) is 12.2 Å². The molecule has 1 fully saturated rings. The van der Waals surface area contributed by atoms with E-state index >= 15 is 0 Å². The van der Waals surface area contributed by atoms with Gasteiger partial charge in [-0.15, -0.1) is 0 Å². The molecule has 0 amide bonds. The van der Waals surface area contributed by atoms with Crippen molar-refractivity contribution in [1.29, 1.82) is 0 Å². The van der Waals surface area contributed by atoms with E-state index in [0.29, 0.717) is 0 Å². The zero-order valence-electron chi connectivity index (χ0n) is 5.19. The van der Waals surface area contributed by atoms with E-state index in [1.807, 2.05) is 0 Å². The summed E-state index contributed by atoms with van der Waals surface area (Å²) >= 11 is 4.53. The first-order valence-corrected chi connectivity index (χ1v) is 3.27. The summed E-state index contributed by atoms with van der Waals surface area (Å²) in [4.78, 5) is 0. The molecule has 0 aromatic rings. The molecule has 0 aliphatic carbocycles. The van der Waals surface area contributed by atoms with Crippen molar-refractivity contribution in [2.24, 2.45) is 0 Å². The summed E-state index contributed by atoms with van der Waals surface area (Å²) in [6.45, 7) is -0.114. The molecule has 1 heterocycles. The molecule has 0 bridgehead atoms. The molecule has 4 nitrogen and oxygen atoms in total. The van der Waals surface area contributed by atoms with Crippen LogP contribution in [0.15, 0.2) is 0 Å². The average Bonchev–Trinajstić information content (AvgIpc) is 2.34. The number of thiocarbonyl (C=S) groups is 1. The largest absolute Gasteiger partial charge is 0.453 e. The van der Waals surface area contributed by atoms with Crippen LogP contribution >= 0.6 is 12.2 Å². The molecule has 10 heavy (non-hydrogen) atoms. The quantitative estimate of drug-likeness (QED) is 0.515. The van der Waals surface area contributed by atoms with Gasteiger partial charge < -0.3 is 19.7 Å². The first-order chi connectivity index (χ1) is 4.74. The Balaban J connectivity index is 2.36. The Labute approximate surface area is 63.4 Å². The minimum Gasteiger partial charge on any atom is -0.453 e. The molecule has 1 aliphatic rings. The minimum atomic E-state index is -0.902. The molecule has 0 saturated carbocycles. The molecule has 2 atom stereocenters. The summed E-state index contributed by atoms with van der Waals surface area (Å²) in [6.07, 6.45) is -1.40. The lowest BCUT2D eigenvalue weighted by Gasteiger charge is -2.10. The number of aliphatic hydroxyl groups excluding tert-OH is 2. The molecule has 1 rings (SSSR count). The standard InChI is InChI=1S/C5H8O4S/c6-1-3(7)4-2-8-5(10)9-4/h3-4,6-7H,1-2H2/t3-,4+/m1/s1. The fraction of sp³-hybridized carbons (Fsp3) is 0.800. The second kappa shape index (κ2) is 3.14. The highest BCUT2D eigenvalue weighted by Gasteiger charge is 2.28. The van der Waals surface area contributed by atoms with Crippen molar-refractivity contribution in [3.63, 3.8) is 0 Å². The van der Waals surface area contributed by atoms with Gasteiger partial charge in [-0.3, -0.25) is 0 Å². The van der Waals surface area contributed by atoms with E-state index in [1.54, 1.807) is 0 Å². The smallest absolute Gasteiger partial charge is 0.352 e. The van der Waals surface area contributed by atoms with E-state index in [9.17, 15) is 0 Å². The number of hydrogen-bond donors (Lipinski definition) is 2. The zero-order chi connectivity index (χ0) is 7.56. The zero-order valence-corrected chi connectivity index (χ0v) is 6.00. The van der Waals surface area contributed by atoms with Crippen LogP contribution in [0.2, 0.25) is 0 Å². The maximum absolute atomic E-state index is 8.96. The lowest BCUT2D eigenvalue weighted by atomic mass is 10.2. The van der Waals surface area contributed by atoms with Crippen LogP contribution in [-0.2, 0) is 9.47 Å². The SMILES string of the molecule is OC[C@@H](O)[C@@H]1COC(=S)O1. The van der Waals surface area contributed by atoms with E-state index in [1.165, 1.54) is 0 Å². The van der Waals surface area contributed by atoms with Crippen molar-refractivity contribution in [2.45, 2.75) is 12.2 Å². The van der Waals surface area contributed by atoms with Crippen molar-refractivity contribution in [2.75, 3.05) is 13.2 Å². The molecule has 0 spiro atoms. The van der Waals surface area contributed by atoms with Gasteiger partial charge in [-0.1, -0.05) is 0 Å². The van der Waals surface area contributed by atoms with E-state index in [0.717, 1.165) is 0 Å². The predicted molar refractivity (Wildman–Crippen MR) is 36.5 cm³/mol. The molecule has 1 aliphatic heterocycles. The fourth-order valence-electron chi connectivity index (χ4n) is 0.649. The van der Waals surface area contributed by atoms with Crippen molar-refractivity contribution in [3.8, 4) is 0 Å². The normalized spacial score (nSPS) is 27.4. The van der Waals surface area contributed by atoms with Crippen LogP contribution < -0.4 is 0 Å². The highest BCUT2D eigenvalue weighted by atomic mass is 32.1. The summed E-state index contributed by atoms with van der Waals surface area (Å²) in [5, 5.41) is 17.5. The highest BCUT2D eigenvalue weighted by Crippen LogP contribution is 2.09. The summed E-state index contributed by atoms with van der Waals surface area (Å²) in [5.41, 5.74) is 0. The van der Waals surface area contributed by atoms with Gasteiger partial charge in [-0.25, -0.2) is 0 Å². The van der Waals surface area contributed by atoms with Gasteiger partial charge in [0.05, 0.1) is 6.61 Å². The van der Waals surface area contributed by atoms with Crippen molar-refractivity contribution >= 4 is 17.5 Å². The Morgan fingerprint density at radius 3 is 2.90 bits per heavy atom. The number of rotatable bonds is 2. The Morgan fingerprint density at radius 1 is 1.80 bits per heavy atom. The molecule has 1 saturated heterocycles. The molecule has 0 unspecified atom stereocenters. The Kier molecular flexibility index (Phi) is 2.42. The highest BCUT2D eigenvalue weighted by molar-refractivity contribution is 7.79. The van der Waals surface area contributed by atoms with Crippen LogP contribution in [0, 0.1) is 0 Å². The van der Waals surface area contributed by atoms with Crippen molar-refractivity contribution in [3.05, 3.63) is 0 Å². The van der Waals surface area contributed by atoms with Crippen LogP contribution in [-0.4, -0.2) is 40.9 Å². The molecular weight excluding hydrogens is 156 g/mol. The first-order valence-electron chi connectivity index (χ1n) is 2.86. The third kappa shape index (κ3) is 1.56. The van der Waals surface area contributed by atoms with Gasteiger partial charge in [0.2, 0.25) is 0 Å². The molecule has 2 N–H and O–H groups in total. The minimum absolute atomic E-state index is 0.0394. The van der Waals surface area contributed by atoms with Crippen molar-refractivity contribution in [1.82, 2.24) is 0 Å². The van der Waals surface area contributed by atoms with Crippen LogP contribution in [0.5, 0.6) is 0 Å². The lowest BCUT2D eigenvalue weighted by Crippen LogP contribution is -2.31. The van der Waals surface area contributed by atoms with Gasteiger partial charge in [0.25, 0.3) is 0 Å². The van der Waals surface area contributed by atoms with E-state index in [-0.39, 0.29) is 18.5 Å². The molecule has 5 heteroatoms. The molecule has 0 aromatic heterocycles. The first kappa shape index (κ1) is 7.71. The number of ether oxygens (including phenoxy) is 2. The van der Waals surface area contributed by atoms with Crippen LogP contribution in [0.3, 0.4) is 0 Å². The summed E-state index contributed by atoms with van der Waals surface area (Å²) < 4.78 is 9.54. The topological polar surface area (TPSA) is 58.9 Å². The third-order valence-corrected chi connectivity index (χ3v) is 1.44. The van der Waals surface area contributed by atoms with Gasteiger partial charge >= 0.3 is 5.24 Å². The Bertz CT molecular complexity index is 138. The van der Waals surface area contributed by atoms with Crippen LogP contribution in [0.25, 0.3) is 0 Å². The second-order valence-electron chi connectivity index (χ2n) is 1.97. The maximum atomic E-state index is 8.96. The fourth-order valence-corrected chi connectivity index (χ4v) is 0.841. The van der Waals surface area contributed by atoms with E-state index in [4.69, 9.17) is 19.7 Å². The molecule has 0 aromatic carbocycles. The van der Waals surface area contributed by atoms with Crippen LogP contribution in [0.1, 0.15) is 0 Å². The molecule has 58 valence electrons. The van der Waals surface area contributed by atoms with E-state index < -0.39 is 12.2 Å². The van der Waals surface area contributed by atoms with Gasteiger partial charge in [0.1, 0.15) is 12.7 Å². The number of hydrogen-bond acceptors (Lipinski definition) is 5. The predicted octanol–water partition coefficient (Wildman–Crippen LogP) is -0.960. The monoisotopic (exact) mass is 164 g/mol. The molecule has 0 radical (unpaired) electrons. The lowest BCUT2D eigenvalue weighted by molar-refractivity contribution is 0.00672. The number of aliphatic hydroxyl groups is 2. The van der Waals surface area contributed by atoms with Gasteiger partial charge in [-0.2, -0.15) is 0 Å². The van der Waals surface area contributed by atoms with Gasteiger partial charge in [0.15, 0.2) is 6.10 Å². The van der Waals surface area contributed by atoms with Crippen LogP contribution in [0.4, 0.5) is 0 Å².